The molecule has 0 amide bonds. The molecule has 0 unspecified atom stereocenters. The third-order valence-electron chi connectivity index (χ3n) is 3.02. The number of nitrogens with zero attached hydrogens (tertiary/aromatic N) is 2. The smallest absolute Gasteiger partial charge is 0.242 e. The molecule has 5 nitrogen and oxygen atoms in total. The SMILES string of the molecule is CCNc1ncnc(OC2CCCCC2)c1N. The van der Waals surface area contributed by atoms with Crippen LogP contribution >= 0.6 is 0 Å². The number of anilines is 2. The Hall–Kier alpha value is -1.52. The molecule has 1 aromatic heterocycles. The maximum absolute atomic E-state index is 5.97. The van der Waals surface area contributed by atoms with Gasteiger partial charge in [-0.3, -0.25) is 0 Å². The van der Waals surface area contributed by atoms with E-state index in [1.165, 1.54) is 25.6 Å². The van der Waals surface area contributed by atoms with Gasteiger partial charge < -0.3 is 15.8 Å². The Bertz CT molecular complexity index is 364. The summed E-state index contributed by atoms with van der Waals surface area (Å²) in [5.41, 5.74) is 6.49. The van der Waals surface area contributed by atoms with Gasteiger partial charge in [-0.1, -0.05) is 6.42 Å². The van der Waals surface area contributed by atoms with Crippen LogP contribution in [0.5, 0.6) is 5.88 Å². The molecule has 0 atom stereocenters. The molecule has 1 aliphatic rings. The molecule has 1 aromatic rings. The maximum atomic E-state index is 5.97. The highest BCUT2D eigenvalue weighted by Gasteiger charge is 2.18. The number of ether oxygens (including phenoxy) is 1. The normalized spacial score (nSPS) is 16.8. The summed E-state index contributed by atoms with van der Waals surface area (Å²) in [6.45, 7) is 2.79. The summed E-state index contributed by atoms with van der Waals surface area (Å²) in [6.07, 6.45) is 7.72. The number of nitrogen functional groups attached to an aromatic ring is 1. The zero-order valence-electron chi connectivity index (χ0n) is 10.3. The van der Waals surface area contributed by atoms with Gasteiger partial charge in [0.25, 0.3) is 0 Å². The number of rotatable bonds is 4. The number of hydrogen-bond acceptors (Lipinski definition) is 5. The van der Waals surface area contributed by atoms with Gasteiger partial charge >= 0.3 is 0 Å². The Labute approximate surface area is 102 Å². The van der Waals surface area contributed by atoms with Crippen molar-refractivity contribution in [2.45, 2.75) is 45.1 Å². The lowest BCUT2D eigenvalue weighted by Gasteiger charge is -2.23. The predicted octanol–water partition coefficient (Wildman–Crippen LogP) is 2.20. The van der Waals surface area contributed by atoms with Crippen LogP contribution in [-0.2, 0) is 0 Å². The van der Waals surface area contributed by atoms with Crippen molar-refractivity contribution in [3.63, 3.8) is 0 Å². The fourth-order valence-corrected chi connectivity index (χ4v) is 2.12. The molecular weight excluding hydrogens is 216 g/mol. The van der Waals surface area contributed by atoms with Crippen LogP contribution < -0.4 is 15.8 Å². The quantitative estimate of drug-likeness (QED) is 0.838. The van der Waals surface area contributed by atoms with Gasteiger partial charge in [0.2, 0.25) is 5.88 Å². The Morgan fingerprint density at radius 3 is 2.82 bits per heavy atom. The van der Waals surface area contributed by atoms with E-state index in [-0.39, 0.29) is 6.10 Å². The Morgan fingerprint density at radius 2 is 2.12 bits per heavy atom. The molecule has 0 radical (unpaired) electrons. The summed E-state index contributed by atoms with van der Waals surface area (Å²) in [7, 11) is 0. The van der Waals surface area contributed by atoms with Crippen molar-refractivity contribution >= 4 is 11.5 Å². The van der Waals surface area contributed by atoms with E-state index in [4.69, 9.17) is 10.5 Å². The molecule has 1 aliphatic carbocycles. The van der Waals surface area contributed by atoms with Crippen LogP contribution in [-0.4, -0.2) is 22.6 Å². The minimum Gasteiger partial charge on any atom is -0.473 e. The van der Waals surface area contributed by atoms with Crippen LogP contribution in [0.15, 0.2) is 6.33 Å². The van der Waals surface area contributed by atoms with E-state index in [1.807, 2.05) is 6.92 Å². The third-order valence-corrected chi connectivity index (χ3v) is 3.02. The van der Waals surface area contributed by atoms with Crippen molar-refractivity contribution in [3.05, 3.63) is 6.33 Å². The summed E-state index contributed by atoms with van der Waals surface area (Å²) in [4.78, 5) is 8.21. The highest BCUT2D eigenvalue weighted by molar-refractivity contribution is 5.66. The fourth-order valence-electron chi connectivity index (χ4n) is 2.12. The van der Waals surface area contributed by atoms with Crippen LogP contribution in [0.2, 0.25) is 0 Å². The van der Waals surface area contributed by atoms with Crippen LogP contribution in [0.3, 0.4) is 0 Å². The van der Waals surface area contributed by atoms with Gasteiger partial charge in [-0.15, -0.1) is 0 Å². The second kappa shape index (κ2) is 5.70. The molecule has 0 aliphatic heterocycles. The summed E-state index contributed by atoms with van der Waals surface area (Å²) >= 11 is 0. The van der Waals surface area contributed by atoms with Gasteiger partial charge in [0.1, 0.15) is 18.1 Å². The molecule has 2 rings (SSSR count). The van der Waals surface area contributed by atoms with Gasteiger partial charge in [-0.25, -0.2) is 4.98 Å². The molecule has 0 spiro atoms. The average Bonchev–Trinajstić information content (AvgIpc) is 2.36. The third kappa shape index (κ3) is 2.99. The summed E-state index contributed by atoms with van der Waals surface area (Å²) in [5.74, 6) is 1.18. The van der Waals surface area contributed by atoms with Crippen molar-refractivity contribution < 1.29 is 4.74 Å². The van der Waals surface area contributed by atoms with E-state index >= 15 is 0 Å². The Morgan fingerprint density at radius 1 is 1.35 bits per heavy atom. The van der Waals surface area contributed by atoms with Crippen molar-refractivity contribution in [2.75, 3.05) is 17.6 Å². The van der Waals surface area contributed by atoms with E-state index in [0.29, 0.717) is 17.4 Å². The monoisotopic (exact) mass is 236 g/mol. The number of nitrogens with two attached hydrogens (primary N) is 1. The second-order valence-electron chi connectivity index (χ2n) is 4.35. The standard InChI is InChI=1S/C12H20N4O/c1-2-14-11-10(13)12(16-8-15-11)17-9-6-4-3-5-7-9/h8-9H,2-7,13H2,1H3,(H,14,15,16). The molecule has 0 aromatic carbocycles. The van der Waals surface area contributed by atoms with Crippen LogP contribution in [0, 0.1) is 0 Å². The molecule has 17 heavy (non-hydrogen) atoms. The molecule has 3 N–H and O–H groups in total. The van der Waals surface area contributed by atoms with Gasteiger partial charge in [-0.2, -0.15) is 4.98 Å². The molecule has 0 saturated heterocycles. The minimum atomic E-state index is 0.260. The predicted molar refractivity (Wildman–Crippen MR) is 68.1 cm³/mol. The lowest BCUT2D eigenvalue weighted by molar-refractivity contribution is 0.149. The molecule has 1 saturated carbocycles. The van der Waals surface area contributed by atoms with Crippen LogP contribution in [0.4, 0.5) is 11.5 Å². The van der Waals surface area contributed by atoms with Crippen molar-refractivity contribution in [2.24, 2.45) is 0 Å². The first kappa shape index (κ1) is 12.0. The van der Waals surface area contributed by atoms with Crippen LogP contribution in [0.25, 0.3) is 0 Å². The second-order valence-corrected chi connectivity index (χ2v) is 4.35. The molecular formula is C12H20N4O. The highest BCUT2D eigenvalue weighted by atomic mass is 16.5. The van der Waals surface area contributed by atoms with Gasteiger partial charge in [0.05, 0.1) is 0 Å². The highest BCUT2D eigenvalue weighted by Crippen LogP contribution is 2.28. The van der Waals surface area contributed by atoms with Crippen molar-refractivity contribution in [1.82, 2.24) is 9.97 Å². The largest absolute Gasteiger partial charge is 0.473 e. The minimum absolute atomic E-state index is 0.260. The lowest BCUT2D eigenvalue weighted by atomic mass is 9.98. The van der Waals surface area contributed by atoms with E-state index in [0.717, 1.165) is 19.4 Å². The van der Waals surface area contributed by atoms with E-state index < -0.39 is 0 Å². The number of hydrogen-bond donors (Lipinski definition) is 2. The van der Waals surface area contributed by atoms with E-state index in [9.17, 15) is 0 Å². The fraction of sp³-hybridized carbons (Fsp3) is 0.667. The number of nitrogens with one attached hydrogen (secondary N) is 1. The first-order valence-corrected chi connectivity index (χ1v) is 6.32. The molecule has 1 heterocycles. The topological polar surface area (TPSA) is 73.1 Å². The molecule has 5 heteroatoms. The lowest BCUT2D eigenvalue weighted by Crippen LogP contribution is -2.21. The molecule has 94 valence electrons. The van der Waals surface area contributed by atoms with Gasteiger partial charge in [0, 0.05) is 6.54 Å². The van der Waals surface area contributed by atoms with Gasteiger partial charge in [-0.05, 0) is 32.6 Å². The number of aromatic nitrogens is 2. The van der Waals surface area contributed by atoms with E-state index in [2.05, 4.69) is 15.3 Å². The first-order chi connectivity index (χ1) is 8.31. The van der Waals surface area contributed by atoms with Gasteiger partial charge in [0.15, 0.2) is 5.82 Å². The van der Waals surface area contributed by atoms with Crippen molar-refractivity contribution in [3.8, 4) is 5.88 Å². The molecule has 0 bridgehead atoms. The average molecular weight is 236 g/mol. The zero-order chi connectivity index (χ0) is 12.1. The summed E-state index contributed by atoms with van der Waals surface area (Å²) in [6, 6.07) is 0. The Balaban J connectivity index is 2.06. The van der Waals surface area contributed by atoms with Crippen LogP contribution in [0.1, 0.15) is 39.0 Å². The van der Waals surface area contributed by atoms with E-state index in [1.54, 1.807) is 0 Å². The molecule has 1 fully saturated rings. The maximum Gasteiger partial charge on any atom is 0.242 e. The van der Waals surface area contributed by atoms with Crippen molar-refractivity contribution in [1.29, 1.82) is 0 Å². The first-order valence-electron chi connectivity index (χ1n) is 6.32. The zero-order valence-corrected chi connectivity index (χ0v) is 10.3. The Kier molecular flexibility index (Phi) is 4.01. The summed E-state index contributed by atoms with van der Waals surface area (Å²) < 4.78 is 5.86. The summed E-state index contributed by atoms with van der Waals surface area (Å²) in [5, 5.41) is 3.10.